The minimum absolute atomic E-state index is 0.461. The van der Waals surface area contributed by atoms with Crippen molar-refractivity contribution in [2.45, 2.75) is 6.18 Å². The molecule has 0 radical (unpaired) electrons. The molecule has 0 spiro atoms. The Morgan fingerprint density at radius 2 is 1.75 bits per heavy atom. The van der Waals surface area contributed by atoms with Crippen LogP contribution in [0.2, 0.25) is 0 Å². The Morgan fingerprint density at radius 1 is 1.20 bits per heavy atom. The number of halogens is 4. The summed E-state index contributed by atoms with van der Waals surface area (Å²) in [7, 11) is 0. The zero-order chi connectivity index (χ0) is 15.2. The quantitative estimate of drug-likeness (QED) is 0.329. The Morgan fingerprint density at radius 3 is 2.25 bits per heavy atom. The fourth-order valence-corrected chi connectivity index (χ4v) is 2.53. The summed E-state index contributed by atoms with van der Waals surface area (Å²) < 4.78 is 37.8. The number of hydrogen-bond acceptors (Lipinski definition) is 4. The maximum absolute atomic E-state index is 12.8. The van der Waals surface area contributed by atoms with Gasteiger partial charge in [-0.15, -0.1) is 0 Å². The lowest BCUT2D eigenvalue weighted by Crippen LogP contribution is -2.29. The first-order chi connectivity index (χ1) is 9.12. The van der Waals surface area contributed by atoms with E-state index in [1.807, 2.05) is 9.97 Å². The minimum Gasteiger partial charge on any atom is -0.316 e. The molecule has 0 saturated heterocycles. The maximum Gasteiger partial charge on any atom is 0.417 e. The van der Waals surface area contributed by atoms with Crippen molar-refractivity contribution >= 4 is 39.3 Å². The summed E-state index contributed by atoms with van der Waals surface area (Å²) in [5.74, 6) is 0. The van der Waals surface area contributed by atoms with Crippen molar-refractivity contribution < 1.29 is 18.1 Å². The normalized spacial score (nSPS) is 11.8. The van der Waals surface area contributed by atoms with E-state index in [-0.39, 0.29) is 0 Å². The van der Waals surface area contributed by atoms with E-state index >= 15 is 0 Å². The second-order valence-corrected chi connectivity index (χ2v) is 4.75. The third-order valence-electron chi connectivity index (χ3n) is 2.42. The number of nitrogens with one attached hydrogen (secondary N) is 2. The number of fused-ring (bicyclic) bond motifs is 1. The van der Waals surface area contributed by atoms with Crippen LogP contribution in [0.15, 0.2) is 15.7 Å². The van der Waals surface area contributed by atoms with Crippen molar-refractivity contribution in [2.75, 3.05) is 0 Å². The van der Waals surface area contributed by atoms with Crippen molar-refractivity contribution in [2.24, 2.45) is 0 Å². The molecule has 0 amide bonds. The van der Waals surface area contributed by atoms with Gasteiger partial charge < -0.3 is 9.97 Å². The zero-order valence-electron chi connectivity index (χ0n) is 9.17. The van der Waals surface area contributed by atoms with E-state index in [1.54, 1.807) is 0 Å². The van der Waals surface area contributed by atoms with E-state index in [4.69, 9.17) is 0 Å². The van der Waals surface area contributed by atoms with Crippen LogP contribution < -0.4 is 11.1 Å². The van der Waals surface area contributed by atoms with Crippen molar-refractivity contribution in [1.82, 2.24) is 9.97 Å². The predicted octanol–water partition coefficient (Wildman–Crippen LogP) is 1.75. The Balaban J connectivity index is 3.07. The van der Waals surface area contributed by atoms with Gasteiger partial charge in [0.15, 0.2) is 0 Å². The summed E-state index contributed by atoms with van der Waals surface area (Å²) in [5, 5.41) is 10.9. The lowest BCUT2D eigenvalue weighted by atomic mass is 10.1. The number of aromatic nitrogens is 2. The van der Waals surface area contributed by atoms with Crippen LogP contribution in [0.5, 0.6) is 0 Å². The van der Waals surface area contributed by atoms with E-state index in [1.165, 1.54) is 22.6 Å². The van der Waals surface area contributed by atoms with Gasteiger partial charge in [0.25, 0.3) is 0 Å². The zero-order valence-corrected chi connectivity index (χ0v) is 11.3. The van der Waals surface area contributed by atoms with Crippen LogP contribution in [0.4, 0.5) is 18.9 Å². The molecule has 0 fully saturated rings. The van der Waals surface area contributed by atoms with Crippen molar-refractivity contribution in [3.05, 3.63) is 46.0 Å². The summed E-state index contributed by atoms with van der Waals surface area (Å²) in [6, 6.07) is 0.543. The Kier molecular flexibility index (Phi) is 3.31. The van der Waals surface area contributed by atoms with E-state index in [9.17, 15) is 32.9 Å². The summed E-state index contributed by atoms with van der Waals surface area (Å²) in [5.41, 5.74) is -5.48. The van der Waals surface area contributed by atoms with Crippen LogP contribution in [0.1, 0.15) is 5.56 Å². The first kappa shape index (κ1) is 14.5. The highest BCUT2D eigenvalue weighted by atomic mass is 127. The molecule has 106 valence electrons. The third-order valence-corrected chi connectivity index (χ3v) is 3.51. The first-order valence-corrected chi connectivity index (χ1v) is 5.91. The fourth-order valence-electron chi connectivity index (χ4n) is 1.60. The van der Waals surface area contributed by atoms with Crippen molar-refractivity contribution in [3.8, 4) is 0 Å². The number of nitrogens with zero attached hydrogens (tertiary/aromatic N) is 1. The predicted molar refractivity (Wildman–Crippen MR) is 69.6 cm³/mol. The number of hydrogen-bond donors (Lipinski definition) is 2. The molecule has 7 nitrogen and oxygen atoms in total. The van der Waals surface area contributed by atoms with E-state index in [0.717, 1.165) is 0 Å². The molecule has 0 bridgehead atoms. The molecule has 0 aliphatic carbocycles. The van der Waals surface area contributed by atoms with Gasteiger partial charge in [-0.25, -0.2) is 0 Å². The highest BCUT2D eigenvalue weighted by molar-refractivity contribution is 14.1. The Hall–Kier alpha value is -1.92. The average Bonchev–Trinajstić information content (AvgIpc) is 2.28. The molecule has 0 unspecified atom stereocenters. The van der Waals surface area contributed by atoms with Gasteiger partial charge >= 0.3 is 23.0 Å². The smallest absolute Gasteiger partial charge is 0.316 e. The number of nitro benzene ring substituents is 1. The van der Waals surface area contributed by atoms with Gasteiger partial charge in [0.1, 0.15) is 9.09 Å². The lowest BCUT2D eigenvalue weighted by Gasteiger charge is -2.10. The van der Waals surface area contributed by atoms with Crippen LogP contribution in [0.25, 0.3) is 11.0 Å². The number of H-pyrrole nitrogens is 2. The molecule has 0 atom stereocenters. The molecular formula is C9H3F3IN3O4. The van der Waals surface area contributed by atoms with E-state index < -0.39 is 48.1 Å². The highest BCUT2D eigenvalue weighted by Gasteiger charge is 2.38. The molecule has 1 aromatic heterocycles. The van der Waals surface area contributed by atoms with E-state index in [0.29, 0.717) is 6.07 Å². The summed E-state index contributed by atoms with van der Waals surface area (Å²) in [6.45, 7) is 0. The Labute approximate surface area is 120 Å². The first-order valence-electron chi connectivity index (χ1n) is 4.83. The highest BCUT2D eigenvalue weighted by Crippen LogP contribution is 2.39. The lowest BCUT2D eigenvalue weighted by molar-refractivity contribution is -0.384. The molecule has 0 saturated carbocycles. The van der Waals surface area contributed by atoms with E-state index in [2.05, 4.69) is 0 Å². The molecular weight excluding hydrogens is 398 g/mol. The topological polar surface area (TPSA) is 109 Å². The van der Waals surface area contributed by atoms with Crippen LogP contribution in [0.3, 0.4) is 0 Å². The average molecular weight is 401 g/mol. The number of nitro groups is 1. The van der Waals surface area contributed by atoms with Gasteiger partial charge in [-0.1, -0.05) is 0 Å². The monoisotopic (exact) mass is 401 g/mol. The summed E-state index contributed by atoms with van der Waals surface area (Å²) in [4.78, 5) is 35.9. The van der Waals surface area contributed by atoms with Gasteiger partial charge in [-0.2, -0.15) is 13.2 Å². The van der Waals surface area contributed by atoms with Crippen LogP contribution in [-0.2, 0) is 6.18 Å². The third kappa shape index (κ3) is 2.28. The van der Waals surface area contributed by atoms with Gasteiger partial charge in [-0.3, -0.25) is 19.7 Å². The van der Waals surface area contributed by atoms with Crippen LogP contribution >= 0.6 is 22.6 Å². The minimum atomic E-state index is -4.83. The molecule has 1 heterocycles. The largest absolute Gasteiger partial charge is 0.417 e. The van der Waals surface area contributed by atoms with Crippen molar-refractivity contribution in [3.63, 3.8) is 0 Å². The molecule has 2 N–H and O–H groups in total. The van der Waals surface area contributed by atoms with Crippen molar-refractivity contribution in [1.29, 1.82) is 0 Å². The second kappa shape index (κ2) is 4.57. The molecule has 20 heavy (non-hydrogen) atoms. The number of rotatable bonds is 1. The van der Waals surface area contributed by atoms with Gasteiger partial charge in [0.05, 0.1) is 16.0 Å². The van der Waals surface area contributed by atoms with Gasteiger partial charge in [-0.05, 0) is 28.7 Å². The molecule has 2 rings (SSSR count). The second-order valence-electron chi connectivity index (χ2n) is 3.67. The van der Waals surface area contributed by atoms with Gasteiger partial charge in [0, 0.05) is 0 Å². The summed E-state index contributed by atoms with van der Waals surface area (Å²) in [6.07, 6.45) is -4.83. The maximum atomic E-state index is 12.8. The number of benzene rings is 1. The molecule has 1 aromatic carbocycles. The molecule has 0 aliphatic heterocycles. The summed E-state index contributed by atoms with van der Waals surface area (Å²) >= 11 is 1.17. The number of aromatic amines is 2. The number of alkyl halides is 3. The van der Waals surface area contributed by atoms with Crippen LogP contribution in [0, 0.1) is 13.7 Å². The fraction of sp³-hybridized carbons (Fsp3) is 0.111. The Bertz CT molecular complexity index is 839. The molecule has 2 aromatic rings. The molecule has 11 heteroatoms. The molecule has 0 aliphatic rings. The van der Waals surface area contributed by atoms with Gasteiger partial charge in [0.2, 0.25) is 0 Å². The van der Waals surface area contributed by atoms with Crippen LogP contribution in [-0.4, -0.2) is 14.9 Å². The SMILES string of the molecule is O=c1[nH]c2cc(C(F)(F)F)c(I)c([N+](=O)[O-])c2[nH]c1=O. The standard InChI is InChI=1S/C9H3F3IN3O4/c10-9(11,12)2-1-3-5(6(4(2)13)16(19)20)15-8(18)7(17)14-3/h1H,(H,14,17)(H,15,18).